The lowest BCUT2D eigenvalue weighted by molar-refractivity contribution is 0.273. The summed E-state index contributed by atoms with van der Waals surface area (Å²) in [6.45, 7) is -0.275. The van der Waals surface area contributed by atoms with Crippen LogP contribution in [0.2, 0.25) is 0 Å². The highest BCUT2D eigenvalue weighted by molar-refractivity contribution is 5.26. The molecule has 0 aliphatic carbocycles. The van der Waals surface area contributed by atoms with Crippen LogP contribution in [0.15, 0.2) is 36.4 Å². The van der Waals surface area contributed by atoms with Gasteiger partial charge in [0.05, 0.1) is 6.04 Å². The predicted molar refractivity (Wildman–Crippen MR) is 65.1 cm³/mol. The van der Waals surface area contributed by atoms with Gasteiger partial charge in [0.1, 0.15) is 12.4 Å². The second-order valence-corrected chi connectivity index (χ2v) is 4.14. The molecule has 2 aromatic rings. The molecule has 0 aliphatic rings. The Morgan fingerprint density at radius 1 is 1.00 bits per heavy atom. The van der Waals surface area contributed by atoms with Crippen LogP contribution in [0.5, 0.6) is 5.75 Å². The van der Waals surface area contributed by atoms with Gasteiger partial charge in [-0.1, -0.05) is 12.1 Å². The molecule has 2 rings (SSSR count). The first-order valence-corrected chi connectivity index (χ1v) is 5.76. The van der Waals surface area contributed by atoms with Gasteiger partial charge in [-0.2, -0.15) is 0 Å². The third kappa shape index (κ3) is 3.08. The first kappa shape index (κ1) is 14.3. The highest BCUT2D eigenvalue weighted by Gasteiger charge is 2.16. The first-order chi connectivity index (χ1) is 9.49. The van der Waals surface area contributed by atoms with Gasteiger partial charge in [0.2, 0.25) is 0 Å². The summed E-state index contributed by atoms with van der Waals surface area (Å²) in [7, 11) is 0. The van der Waals surface area contributed by atoms with Crippen molar-refractivity contribution in [1.29, 1.82) is 0 Å². The largest absolute Gasteiger partial charge is 0.489 e. The lowest BCUT2D eigenvalue weighted by Gasteiger charge is -2.15. The quantitative estimate of drug-likeness (QED) is 0.875. The molecule has 0 heterocycles. The fourth-order valence-corrected chi connectivity index (χ4v) is 1.67. The molecule has 6 heteroatoms. The standard InChI is InChI=1S/C14H11F4NO/c15-8-4-5-13(11(17)6-8)20-7-12(19)9-2-1-3-10(16)14(9)18/h1-6,12H,7,19H2. The SMILES string of the molecule is NC(COc1ccc(F)cc1F)c1cccc(F)c1F. The van der Waals surface area contributed by atoms with E-state index in [1.54, 1.807) is 0 Å². The molecule has 0 aliphatic heterocycles. The average molecular weight is 285 g/mol. The van der Waals surface area contributed by atoms with Gasteiger partial charge in [-0.3, -0.25) is 0 Å². The molecule has 0 bridgehead atoms. The number of benzene rings is 2. The average Bonchev–Trinajstić information content (AvgIpc) is 2.40. The highest BCUT2D eigenvalue weighted by atomic mass is 19.2. The summed E-state index contributed by atoms with van der Waals surface area (Å²) in [5.74, 6) is -3.93. The van der Waals surface area contributed by atoms with Crippen molar-refractivity contribution in [1.82, 2.24) is 0 Å². The van der Waals surface area contributed by atoms with E-state index >= 15 is 0 Å². The Balaban J connectivity index is 2.08. The monoisotopic (exact) mass is 285 g/mol. The minimum Gasteiger partial charge on any atom is -0.489 e. The van der Waals surface area contributed by atoms with E-state index < -0.39 is 29.3 Å². The number of rotatable bonds is 4. The van der Waals surface area contributed by atoms with E-state index in [2.05, 4.69) is 0 Å². The van der Waals surface area contributed by atoms with E-state index in [0.717, 1.165) is 18.2 Å². The predicted octanol–water partition coefficient (Wildman–Crippen LogP) is 3.32. The summed E-state index contributed by atoms with van der Waals surface area (Å²) in [6, 6.07) is 5.39. The summed E-state index contributed by atoms with van der Waals surface area (Å²) >= 11 is 0. The molecule has 0 saturated heterocycles. The van der Waals surface area contributed by atoms with Crippen molar-refractivity contribution in [3.63, 3.8) is 0 Å². The first-order valence-electron chi connectivity index (χ1n) is 5.76. The van der Waals surface area contributed by atoms with Gasteiger partial charge in [0.25, 0.3) is 0 Å². The van der Waals surface area contributed by atoms with Crippen LogP contribution in [0.3, 0.4) is 0 Å². The molecular weight excluding hydrogens is 274 g/mol. The summed E-state index contributed by atoms with van der Waals surface area (Å²) in [5, 5.41) is 0. The maximum atomic E-state index is 13.5. The minimum atomic E-state index is -1.07. The second-order valence-electron chi connectivity index (χ2n) is 4.14. The third-order valence-corrected chi connectivity index (χ3v) is 2.69. The van der Waals surface area contributed by atoms with Gasteiger partial charge in [-0.15, -0.1) is 0 Å². The van der Waals surface area contributed by atoms with Crippen molar-refractivity contribution in [2.45, 2.75) is 6.04 Å². The summed E-state index contributed by atoms with van der Waals surface area (Å²) < 4.78 is 57.6. The van der Waals surface area contributed by atoms with Crippen molar-refractivity contribution in [3.8, 4) is 5.75 Å². The molecule has 20 heavy (non-hydrogen) atoms. The van der Waals surface area contributed by atoms with Crippen LogP contribution >= 0.6 is 0 Å². The molecule has 1 unspecified atom stereocenters. The fourth-order valence-electron chi connectivity index (χ4n) is 1.67. The molecule has 0 spiro atoms. The van der Waals surface area contributed by atoms with Crippen LogP contribution in [-0.2, 0) is 0 Å². The molecule has 2 aromatic carbocycles. The van der Waals surface area contributed by atoms with Crippen molar-refractivity contribution in [2.24, 2.45) is 5.73 Å². The van der Waals surface area contributed by atoms with Gasteiger partial charge in [0.15, 0.2) is 23.2 Å². The molecule has 106 valence electrons. The maximum Gasteiger partial charge on any atom is 0.167 e. The van der Waals surface area contributed by atoms with Crippen molar-refractivity contribution in [2.75, 3.05) is 6.61 Å². The highest BCUT2D eigenvalue weighted by Crippen LogP contribution is 2.21. The van der Waals surface area contributed by atoms with E-state index in [4.69, 9.17) is 10.5 Å². The van der Waals surface area contributed by atoms with Crippen LogP contribution in [0.4, 0.5) is 17.6 Å². The zero-order chi connectivity index (χ0) is 14.7. The molecule has 1 atom stereocenters. The normalized spacial score (nSPS) is 12.2. The Morgan fingerprint density at radius 2 is 1.75 bits per heavy atom. The Bertz CT molecular complexity index is 618. The Hall–Kier alpha value is -2.08. The zero-order valence-electron chi connectivity index (χ0n) is 10.2. The molecule has 0 fully saturated rings. The Kier molecular flexibility index (Phi) is 4.24. The summed E-state index contributed by atoms with van der Waals surface area (Å²) in [5.41, 5.74) is 5.59. The van der Waals surface area contributed by atoms with Crippen molar-refractivity contribution >= 4 is 0 Å². The zero-order valence-corrected chi connectivity index (χ0v) is 10.2. The molecule has 0 radical (unpaired) electrons. The van der Waals surface area contributed by atoms with Crippen LogP contribution < -0.4 is 10.5 Å². The van der Waals surface area contributed by atoms with Gasteiger partial charge < -0.3 is 10.5 Å². The van der Waals surface area contributed by atoms with Gasteiger partial charge in [-0.05, 0) is 18.2 Å². The van der Waals surface area contributed by atoms with Crippen LogP contribution in [0.25, 0.3) is 0 Å². The fraction of sp³-hybridized carbons (Fsp3) is 0.143. The third-order valence-electron chi connectivity index (χ3n) is 2.69. The molecule has 0 amide bonds. The van der Waals surface area contributed by atoms with Gasteiger partial charge >= 0.3 is 0 Å². The van der Waals surface area contributed by atoms with Crippen molar-refractivity contribution in [3.05, 3.63) is 65.2 Å². The molecule has 2 N–H and O–H groups in total. The van der Waals surface area contributed by atoms with Crippen LogP contribution in [0, 0.1) is 23.3 Å². The lowest BCUT2D eigenvalue weighted by Crippen LogP contribution is -2.21. The lowest BCUT2D eigenvalue weighted by atomic mass is 10.1. The van der Waals surface area contributed by atoms with E-state index in [1.165, 1.54) is 12.1 Å². The molecule has 2 nitrogen and oxygen atoms in total. The van der Waals surface area contributed by atoms with Crippen LogP contribution in [0.1, 0.15) is 11.6 Å². The Labute approximate surface area is 112 Å². The topological polar surface area (TPSA) is 35.2 Å². The molecule has 0 saturated carbocycles. The minimum absolute atomic E-state index is 0.0764. The van der Waals surface area contributed by atoms with E-state index in [9.17, 15) is 17.6 Å². The molecule has 0 aromatic heterocycles. The summed E-state index contributed by atoms with van der Waals surface area (Å²) in [6.07, 6.45) is 0. The van der Waals surface area contributed by atoms with Gasteiger partial charge in [-0.25, -0.2) is 17.6 Å². The number of hydrogen-bond donors (Lipinski definition) is 1. The maximum absolute atomic E-state index is 13.5. The molecular formula is C14H11F4NO. The smallest absolute Gasteiger partial charge is 0.167 e. The van der Waals surface area contributed by atoms with Crippen LogP contribution in [-0.4, -0.2) is 6.61 Å². The number of ether oxygens (including phenoxy) is 1. The number of hydrogen-bond acceptors (Lipinski definition) is 2. The van der Waals surface area contributed by atoms with Crippen molar-refractivity contribution < 1.29 is 22.3 Å². The van der Waals surface area contributed by atoms with E-state index in [0.29, 0.717) is 6.07 Å². The number of halogens is 4. The van der Waals surface area contributed by atoms with E-state index in [1.807, 2.05) is 0 Å². The second kappa shape index (κ2) is 5.92. The van der Waals surface area contributed by atoms with E-state index in [-0.39, 0.29) is 17.9 Å². The van der Waals surface area contributed by atoms with Gasteiger partial charge in [0, 0.05) is 11.6 Å². The summed E-state index contributed by atoms with van der Waals surface area (Å²) in [4.78, 5) is 0. The Morgan fingerprint density at radius 3 is 2.45 bits per heavy atom. The number of nitrogens with two attached hydrogens (primary N) is 1.